The largest absolute Gasteiger partial charge is 0.300 e. The fourth-order valence-corrected chi connectivity index (χ4v) is 11.6. The van der Waals surface area contributed by atoms with Gasteiger partial charge in [0.1, 0.15) is 31.4 Å². The SMILES string of the molecule is Cc1ccc(N(c2ccc(C)cc2)c2sc(-c3ccc(-c4ccccc4)cc3)nc2-c2ccccc2C)cc1.Cc1ccccc1-c1nc(-c2ccc(-c3ccccc3)cc2)sc1N(c1ccccc1)c1ccccc1. The fraction of sp³-hybridized carbons (Fsp3) is 0.0571. The van der Waals surface area contributed by atoms with E-state index in [1.807, 2.05) is 6.07 Å². The number of aryl methyl sites for hydroxylation is 4. The monoisotopic (exact) mass is 1020 g/mol. The predicted octanol–water partition coefficient (Wildman–Crippen LogP) is 20.5. The minimum Gasteiger partial charge on any atom is -0.300 e. The number of para-hydroxylation sites is 2. The fourth-order valence-electron chi connectivity index (χ4n) is 9.38. The van der Waals surface area contributed by atoms with Crippen LogP contribution in [0.4, 0.5) is 32.8 Å². The molecule has 6 heteroatoms. The normalized spacial score (nSPS) is 10.9. The Kier molecular flexibility index (Phi) is 14.7. The summed E-state index contributed by atoms with van der Waals surface area (Å²) in [5, 5.41) is 4.23. The summed E-state index contributed by atoms with van der Waals surface area (Å²) in [7, 11) is 0. The summed E-state index contributed by atoms with van der Waals surface area (Å²) in [4.78, 5) is 15.2. The van der Waals surface area contributed by atoms with Crippen molar-refractivity contribution in [1.82, 2.24) is 9.97 Å². The summed E-state index contributed by atoms with van der Waals surface area (Å²) in [5.74, 6) is 0. The van der Waals surface area contributed by atoms with Gasteiger partial charge in [-0.25, -0.2) is 9.97 Å². The van der Waals surface area contributed by atoms with Crippen molar-refractivity contribution in [3.8, 4) is 65.9 Å². The van der Waals surface area contributed by atoms with E-state index in [-0.39, 0.29) is 0 Å². The summed E-state index contributed by atoms with van der Waals surface area (Å²) in [6.45, 7) is 8.57. The minimum atomic E-state index is 0.998. The van der Waals surface area contributed by atoms with E-state index in [9.17, 15) is 0 Å². The number of thiazole rings is 2. The van der Waals surface area contributed by atoms with Crippen molar-refractivity contribution in [3.63, 3.8) is 0 Å². The van der Waals surface area contributed by atoms with Crippen LogP contribution in [-0.2, 0) is 0 Å². The van der Waals surface area contributed by atoms with E-state index in [0.29, 0.717) is 0 Å². The van der Waals surface area contributed by atoms with Gasteiger partial charge in [0.15, 0.2) is 0 Å². The molecule has 76 heavy (non-hydrogen) atoms. The highest BCUT2D eigenvalue weighted by Crippen LogP contribution is 2.49. The van der Waals surface area contributed by atoms with E-state index >= 15 is 0 Å². The van der Waals surface area contributed by atoms with Crippen molar-refractivity contribution in [3.05, 3.63) is 289 Å². The smallest absolute Gasteiger partial charge is 0.129 e. The maximum Gasteiger partial charge on any atom is 0.129 e. The predicted molar refractivity (Wildman–Crippen MR) is 325 cm³/mol. The number of rotatable bonds is 12. The molecule has 0 atom stereocenters. The quantitative estimate of drug-likeness (QED) is 0.122. The maximum absolute atomic E-state index is 5.30. The number of nitrogens with zero attached hydrogens (tertiary/aromatic N) is 4. The molecule has 10 aromatic carbocycles. The lowest BCUT2D eigenvalue weighted by Gasteiger charge is -2.25. The molecule has 2 aromatic heterocycles. The number of anilines is 6. The summed E-state index contributed by atoms with van der Waals surface area (Å²) in [6.07, 6.45) is 0. The van der Waals surface area contributed by atoms with Gasteiger partial charge in [0.25, 0.3) is 0 Å². The Morgan fingerprint density at radius 3 is 0.882 bits per heavy atom. The number of hydrogen-bond acceptors (Lipinski definition) is 6. The lowest BCUT2D eigenvalue weighted by atomic mass is 10.0. The standard InChI is InChI=1S/C36H30N2S.C34H26N2S/c1-25-13-21-31(22-14-25)38(32-23-15-26(2)16-24-32)36-34(33-12-8-7-9-27(33)3)37-35(39-36)30-19-17-29(18-20-30)28-10-5-4-6-11-28;1-25-13-11-12-20-31(25)32-34(36(29-16-7-3-8-17-29)30-18-9-4-10-19-30)37-33(35-32)28-23-21-27(22-24-28)26-14-5-2-6-15-26/h4-24H,1-3H3;2-24H,1H3. The second-order valence-corrected chi connectivity index (χ2v) is 20.8. The maximum atomic E-state index is 5.30. The van der Waals surface area contributed by atoms with Gasteiger partial charge in [-0.15, -0.1) is 0 Å². The van der Waals surface area contributed by atoms with Gasteiger partial charge in [-0.05, 0) is 110 Å². The second kappa shape index (κ2) is 22.7. The highest BCUT2D eigenvalue weighted by molar-refractivity contribution is 7.20. The molecule has 0 aliphatic heterocycles. The molecule has 0 saturated carbocycles. The molecule has 12 rings (SSSR count). The molecule has 0 spiro atoms. The topological polar surface area (TPSA) is 32.3 Å². The van der Waals surface area contributed by atoms with Crippen LogP contribution in [-0.4, -0.2) is 9.97 Å². The summed E-state index contributed by atoms with van der Waals surface area (Å²) in [6, 6.07) is 94.1. The zero-order chi connectivity index (χ0) is 51.8. The molecule has 0 radical (unpaired) electrons. The Balaban J connectivity index is 0.000000162. The first-order valence-electron chi connectivity index (χ1n) is 25.6. The molecule has 0 saturated heterocycles. The average molecular weight is 1020 g/mol. The minimum absolute atomic E-state index is 0.998. The van der Waals surface area contributed by atoms with E-state index in [2.05, 4.69) is 298 Å². The molecule has 368 valence electrons. The second-order valence-electron chi connectivity index (χ2n) is 18.9. The van der Waals surface area contributed by atoms with Gasteiger partial charge in [0.2, 0.25) is 0 Å². The first-order chi connectivity index (χ1) is 37.3. The van der Waals surface area contributed by atoms with E-state index < -0.39 is 0 Å². The number of benzene rings is 10. The Bertz CT molecular complexity index is 3730. The molecule has 0 aliphatic rings. The molecule has 2 heterocycles. The molecule has 0 N–H and O–H groups in total. The van der Waals surface area contributed by atoms with Crippen molar-refractivity contribution in [2.45, 2.75) is 27.7 Å². The molecule has 0 aliphatic carbocycles. The first-order valence-corrected chi connectivity index (χ1v) is 27.3. The van der Waals surface area contributed by atoms with Crippen molar-refractivity contribution >= 4 is 55.4 Å². The van der Waals surface area contributed by atoms with E-state index in [0.717, 1.165) is 76.4 Å². The van der Waals surface area contributed by atoms with Crippen molar-refractivity contribution in [2.75, 3.05) is 9.80 Å². The average Bonchev–Trinajstić information content (AvgIpc) is 4.11. The van der Waals surface area contributed by atoms with Crippen molar-refractivity contribution in [2.24, 2.45) is 0 Å². The van der Waals surface area contributed by atoms with Crippen LogP contribution in [0.15, 0.2) is 267 Å². The van der Waals surface area contributed by atoms with E-state index in [1.54, 1.807) is 22.7 Å². The molecular formula is C70H56N4S2. The van der Waals surface area contributed by atoms with Crippen molar-refractivity contribution in [1.29, 1.82) is 0 Å². The molecule has 4 nitrogen and oxygen atoms in total. The van der Waals surface area contributed by atoms with Crippen LogP contribution >= 0.6 is 22.7 Å². The zero-order valence-electron chi connectivity index (χ0n) is 43.0. The summed E-state index contributed by atoms with van der Waals surface area (Å²) >= 11 is 3.47. The molecule has 0 amide bonds. The summed E-state index contributed by atoms with van der Waals surface area (Å²) in [5.41, 5.74) is 20.7. The van der Waals surface area contributed by atoms with Crippen LogP contribution < -0.4 is 9.80 Å². The Hall–Kier alpha value is -8.94. The van der Waals surface area contributed by atoms with Gasteiger partial charge < -0.3 is 9.80 Å². The highest BCUT2D eigenvalue weighted by Gasteiger charge is 2.25. The van der Waals surface area contributed by atoms with Crippen LogP contribution in [0.3, 0.4) is 0 Å². The van der Waals surface area contributed by atoms with E-state index in [1.165, 1.54) is 44.5 Å². The third-order valence-corrected chi connectivity index (χ3v) is 15.7. The van der Waals surface area contributed by atoms with Crippen LogP contribution in [0.25, 0.3) is 65.9 Å². The first kappa shape index (κ1) is 49.3. The van der Waals surface area contributed by atoms with Gasteiger partial charge >= 0.3 is 0 Å². The van der Waals surface area contributed by atoms with Gasteiger partial charge in [0, 0.05) is 45.0 Å². The molecule has 0 bridgehead atoms. The number of aromatic nitrogens is 2. The van der Waals surface area contributed by atoms with Crippen LogP contribution in [0.2, 0.25) is 0 Å². The van der Waals surface area contributed by atoms with Gasteiger partial charge in [-0.1, -0.05) is 252 Å². The van der Waals surface area contributed by atoms with Crippen molar-refractivity contribution < 1.29 is 0 Å². The lowest BCUT2D eigenvalue weighted by molar-refractivity contribution is 1.27. The number of hydrogen-bond donors (Lipinski definition) is 0. The van der Waals surface area contributed by atoms with Gasteiger partial charge in [-0.2, -0.15) is 0 Å². The Morgan fingerprint density at radius 2 is 0.539 bits per heavy atom. The molecule has 12 aromatic rings. The zero-order valence-corrected chi connectivity index (χ0v) is 44.6. The van der Waals surface area contributed by atoms with E-state index in [4.69, 9.17) is 9.97 Å². The van der Waals surface area contributed by atoms with Crippen LogP contribution in [0, 0.1) is 27.7 Å². The van der Waals surface area contributed by atoms with Crippen LogP contribution in [0.1, 0.15) is 22.3 Å². The van der Waals surface area contributed by atoms with Gasteiger partial charge in [0.05, 0.1) is 0 Å². The Labute approximate surface area is 455 Å². The molecular weight excluding hydrogens is 961 g/mol. The Morgan fingerprint density at radius 1 is 0.263 bits per heavy atom. The lowest BCUT2D eigenvalue weighted by Crippen LogP contribution is -2.09. The highest BCUT2D eigenvalue weighted by atomic mass is 32.1. The third kappa shape index (κ3) is 10.8. The summed E-state index contributed by atoms with van der Waals surface area (Å²) < 4.78 is 0. The third-order valence-electron chi connectivity index (χ3n) is 13.5. The van der Waals surface area contributed by atoms with Gasteiger partial charge in [-0.3, -0.25) is 0 Å². The van der Waals surface area contributed by atoms with Crippen LogP contribution in [0.5, 0.6) is 0 Å². The molecule has 0 unspecified atom stereocenters. The molecule has 0 fully saturated rings.